The molecule has 3 N–H and O–H groups in total. The van der Waals surface area contributed by atoms with Crippen molar-refractivity contribution in [1.29, 1.82) is 0 Å². The summed E-state index contributed by atoms with van der Waals surface area (Å²) in [6.07, 6.45) is 1.51. The first kappa shape index (κ1) is 13.1. The first-order valence-electron chi connectivity index (χ1n) is 4.91. The predicted molar refractivity (Wildman–Crippen MR) is 72.0 cm³/mol. The second-order valence-electron chi connectivity index (χ2n) is 3.52. The van der Waals surface area contributed by atoms with Gasteiger partial charge in [0.05, 0.1) is 6.21 Å². The van der Waals surface area contributed by atoms with Gasteiger partial charge < -0.3 is 10.6 Å². The number of amides is 1. The summed E-state index contributed by atoms with van der Waals surface area (Å²) >= 11 is 4.61. The number of nitrogens with one attached hydrogen (secondary N) is 1. The van der Waals surface area contributed by atoms with E-state index in [1.807, 2.05) is 6.07 Å². The van der Waals surface area contributed by atoms with E-state index in [9.17, 15) is 4.79 Å². The van der Waals surface area contributed by atoms with Crippen molar-refractivity contribution in [3.05, 3.63) is 35.4 Å². The van der Waals surface area contributed by atoms with E-state index in [0.29, 0.717) is 11.1 Å². The third-order valence-corrected chi connectivity index (χ3v) is 2.07. The lowest BCUT2D eigenvalue weighted by Crippen LogP contribution is -2.25. The summed E-state index contributed by atoms with van der Waals surface area (Å²) in [7, 11) is 3.40. The van der Waals surface area contributed by atoms with Gasteiger partial charge in [0.15, 0.2) is 5.11 Å². The van der Waals surface area contributed by atoms with Crippen LogP contribution in [-0.2, 0) is 0 Å². The number of hydrazone groups is 1. The molecule has 0 unspecified atom stereocenters. The minimum Gasteiger partial charge on any atom is -0.375 e. The summed E-state index contributed by atoms with van der Waals surface area (Å²) in [5.74, 6) is -0.0811. The number of carbonyl (C=O) groups is 1. The van der Waals surface area contributed by atoms with Crippen molar-refractivity contribution in [2.75, 3.05) is 14.1 Å². The SMILES string of the molecule is CN(C)C(=O)c1ccccc1C=NNC(N)=S. The van der Waals surface area contributed by atoms with Gasteiger partial charge in [0.2, 0.25) is 0 Å². The molecule has 0 saturated heterocycles. The van der Waals surface area contributed by atoms with Crippen molar-refractivity contribution in [3.8, 4) is 0 Å². The Kier molecular flexibility index (Phi) is 4.59. The molecule has 0 fully saturated rings. The van der Waals surface area contributed by atoms with Gasteiger partial charge in [-0.1, -0.05) is 18.2 Å². The quantitative estimate of drug-likeness (QED) is 0.467. The minimum atomic E-state index is -0.0811. The number of nitrogens with zero attached hydrogens (tertiary/aromatic N) is 2. The second-order valence-corrected chi connectivity index (χ2v) is 3.96. The minimum absolute atomic E-state index is 0.0811. The smallest absolute Gasteiger partial charge is 0.254 e. The fourth-order valence-corrected chi connectivity index (χ4v) is 1.26. The standard InChI is InChI=1S/C11H14N4OS/c1-15(2)10(16)9-6-4-3-5-8(9)7-13-14-11(12)17/h3-7H,1-2H3,(H3,12,14,17). The van der Waals surface area contributed by atoms with Gasteiger partial charge in [-0.05, 0) is 18.3 Å². The zero-order valence-electron chi connectivity index (χ0n) is 9.68. The number of nitrogens with two attached hydrogens (primary N) is 1. The van der Waals surface area contributed by atoms with Crippen LogP contribution in [-0.4, -0.2) is 36.2 Å². The molecule has 0 atom stereocenters. The van der Waals surface area contributed by atoms with Crippen LogP contribution in [0.1, 0.15) is 15.9 Å². The molecule has 6 heteroatoms. The van der Waals surface area contributed by atoms with Gasteiger partial charge in [-0.25, -0.2) is 0 Å². The van der Waals surface area contributed by atoms with Crippen molar-refractivity contribution in [2.24, 2.45) is 10.8 Å². The fraction of sp³-hybridized carbons (Fsp3) is 0.182. The normalized spacial score (nSPS) is 10.2. The molecule has 0 aliphatic rings. The molecule has 1 amide bonds. The van der Waals surface area contributed by atoms with Crippen molar-refractivity contribution in [2.45, 2.75) is 0 Å². The van der Waals surface area contributed by atoms with Crippen LogP contribution in [0.2, 0.25) is 0 Å². The molecule has 5 nitrogen and oxygen atoms in total. The van der Waals surface area contributed by atoms with Gasteiger partial charge >= 0.3 is 0 Å². The summed E-state index contributed by atoms with van der Waals surface area (Å²) in [6, 6.07) is 7.16. The maximum Gasteiger partial charge on any atom is 0.254 e. The van der Waals surface area contributed by atoms with E-state index in [4.69, 9.17) is 5.73 Å². The summed E-state index contributed by atoms with van der Waals surface area (Å²) < 4.78 is 0. The van der Waals surface area contributed by atoms with E-state index < -0.39 is 0 Å². The summed E-state index contributed by atoms with van der Waals surface area (Å²) in [4.78, 5) is 13.4. The molecule has 0 aliphatic carbocycles. The Balaban J connectivity index is 2.96. The molecule has 1 aromatic rings. The highest BCUT2D eigenvalue weighted by Crippen LogP contribution is 2.08. The average molecular weight is 250 g/mol. The molecule has 0 saturated carbocycles. The first-order chi connectivity index (χ1) is 8.02. The maximum absolute atomic E-state index is 11.9. The number of benzene rings is 1. The molecule has 0 aromatic heterocycles. The molecular weight excluding hydrogens is 236 g/mol. The maximum atomic E-state index is 11.9. The molecule has 90 valence electrons. The third-order valence-electron chi connectivity index (χ3n) is 1.98. The van der Waals surface area contributed by atoms with Gasteiger partial charge in [0.1, 0.15) is 0 Å². The van der Waals surface area contributed by atoms with Crippen LogP contribution < -0.4 is 11.2 Å². The summed E-state index contributed by atoms with van der Waals surface area (Å²) in [6.45, 7) is 0. The van der Waals surface area contributed by atoms with Gasteiger partial charge in [0, 0.05) is 25.2 Å². The van der Waals surface area contributed by atoms with Crippen LogP contribution >= 0.6 is 12.2 Å². The van der Waals surface area contributed by atoms with E-state index in [1.54, 1.807) is 32.3 Å². The molecule has 0 bridgehead atoms. The highest BCUT2D eigenvalue weighted by molar-refractivity contribution is 7.80. The Morgan fingerprint density at radius 1 is 1.47 bits per heavy atom. The Bertz CT molecular complexity index is 457. The van der Waals surface area contributed by atoms with E-state index >= 15 is 0 Å². The largest absolute Gasteiger partial charge is 0.375 e. The predicted octanol–water partition coefficient (Wildman–Crippen LogP) is 0.556. The average Bonchev–Trinajstić information content (AvgIpc) is 2.28. The zero-order chi connectivity index (χ0) is 12.8. The number of thiocarbonyl (C=S) groups is 1. The number of rotatable bonds is 3. The Morgan fingerprint density at radius 2 is 2.12 bits per heavy atom. The molecule has 1 aromatic carbocycles. The Labute approximate surface area is 105 Å². The topological polar surface area (TPSA) is 70.7 Å². The van der Waals surface area contributed by atoms with Crippen molar-refractivity contribution in [3.63, 3.8) is 0 Å². The molecule has 1 rings (SSSR count). The molecule has 0 spiro atoms. The van der Waals surface area contributed by atoms with Crippen LogP contribution in [0.3, 0.4) is 0 Å². The third kappa shape index (κ3) is 3.84. The summed E-state index contributed by atoms with van der Waals surface area (Å²) in [5, 5.41) is 3.91. The lowest BCUT2D eigenvalue weighted by molar-refractivity contribution is 0.0827. The lowest BCUT2D eigenvalue weighted by Gasteiger charge is -2.11. The van der Waals surface area contributed by atoms with Crippen molar-refractivity contribution >= 4 is 29.5 Å². The van der Waals surface area contributed by atoms with Crippen LogP contribution in [0.4, 0.5) is 0 Å². The molecule has 0 radical (unpaired) electrons. The van der Waals surface area contributed by atoms with Gasteiger partial charge in [-0.15, -0.1) is 0 Å². The van der Waals surface area contributed by atoms with E-state index in [2.05, 4.69) is 22.7 Å². The molecule has 17 heavy (non-hydrogen) atoms. The van der Waals surface area contributed by atoms with E-state index in [1.165, 1.54) is 11.1 Å². The van der Waals surface area contributed by atoms with E-state index in [-0.39, 0.29) is 11.0 Å². The molecular formula is C11H14N4OS. The van der Waals surface area contributed by atoms with Crippen LogP contribution in [0.5, 0.6) is 0 Å². The number of carbonyl (C=O) groups excluding carboxylic acids is 1. The van der Waals surface area contributed by atoms with Crippen molar-refractivity contribution in [1.82, 2.24) is 10.3 Å². The number of hydrogen-bond donors (Lipinski definition) is 2. The van der Waals surface area contributed by atoms with Gasteiger partial charge in [0.25, 0.3) is 5.91 Å². The molecule has 0 heterocycles. The number of hydrogen-bond acceptors (Lipinski definition) is 3. The molecule has 0 aliphatic heterocycles. The zero-order valence-corrected chi connectivity index (χ0v) is 10.5. The highest BCUT2D eigenvalue weighted by Gasteiger charge is 2.10. The van der Waals surface area contributed by atoms with Gasteiger partial charge in [-0.3, -0.25) is 10.2 Å². The second kappa shape index (κ2) is 5.95. The van der Waals surface area contributed by atoms with E-state index in [0.717, 1.165) is 0 Å². The van der Waals surface area contributed by atoms with Crippen molar-refractivity contribution < 1.29 is 4.79 Å². The monoisotopic (exact) mass is 250 g/mol. The fourth-order valence-electron chi connectivity index (χ4n) is 1.21. The van der Waals surface area contributed by atoms with Gasteiger partial charge in [-0.2, -0.15) is 5.10 Å². The van der Waals surface area contributed by atoms with Crippen LogP contribution in [0.25, 0.3) is 0 Å². The Morgan fingerprint density at radius 3 is 2.71 bits per heavy atom. The first-order valence-corrected chi connectivity index (χ1v) is 5.32. The van der Waals surface area contributed by atoms with Crippen LogP contribution in [0, 0.1) is 0 Å². The summed E-state index contributed by atoms with van der Waals surface area (Å²) in [5.41, 5.74) is 8.96. The highest BCUT2D eigenvalue weighted by atomic mass is 32.1. The van der Waals surface area contributed by atoms with Crippen LogP contribution in [0.15, 0.2) is 29.4 Å². The lowest BCUT2D eigenvalue weighted by atomic mass is 10.1. The Hall–Kier alpha value is -1.95.